The van der Waals surface area contributed by atoms with Crippen LogP contribution >= 0.6 is 0 Å². The number of rotatable bonds is 4. The molecule has 8 heteroatoms. The Bertz CT molecular complexity index is 666. The average molecular weight is 273 g/mol. The smallest absolute Gasteiger partial charge is 0.350 e. The number of aromatic amines is 1. The van der Waals surface area contributed by atoms with Crippen molar-refractivity contribution in [2.24, 2.45) is 0 Å². The standard InChI is InChI=1S/C10H12FN3O3S/c1-6(2)17-5-8-13-9-7(3-4-12-9)10(14-8)18(11,15)16/h3-4,6H,5H2,1-2H3,(H,12,13,14). The van der Waals surface area contributed by atoms with Crippen molar-refractivity contribution in [2.45, 2.75) is 31.6 Å². The fourth-order valence-corrected chi connectivity index (χ4v) is 2.09. The Morgan fingerprint density at radius 3 is 2.78 bits per heavy atom. The highest BCUT2D eigenvalue weighted by Gasteiger charge is 2.21. The second-order valence-corrected chi connectivity index (χ2v) is 5.24. The summed E-state index contributed by atoms with van der Waals surface area (Å²) in [6, 6.07) is 1.41. The minimum absolute atomic E-state index is 0.0230. The normalized spacial score (nSPS) is 12.4. The summed E-state index contributed by atoms with van der Waals surface area (Å²) in [5.74, 6) is 0.120. The maximum absolute atomic E-state index is 13.1. The number of ether oxygens (including phenoxy) is 1. The lowest BCUT2D eigenvalue weighted by Crippen LogP contribution is -2.08. The maximum atomic E-state index is 13.1. The molecule has 0 aliphatic carbocycles. The number of fused-ring (bicyclic) bond motifs is 1. The highest BCUT2D eigenvalue weighted by molar-refractivity contribution is 7.86. The molecule has 0 atom stereocenters. The molecule has 1 N–H and O–H groups in total. The van der Waals surface area contributed by atoms with Crippen molar-refractivity contribution >= 4 is 21.3 Å². The molecule has 0 spiro atoms. The van der Waals surface area contributed by atoms with Crippen molar-refractivity contribution in [2.75, 3.05) is 0 Å². The second kappa shape index (κ2) is 4.62. The van der Waals surface area contributed by atoms with Gasteiger partial charge >= 0.3 is 10.2 Å². The van der Waals surface area contributed by atoms with Gasteiger partial charge in [-0.2, -0.15) is 8.42 Å². The van der Waals surface area contributed by atoms with Gasteiger partial charge in [-0.3, -0.25) is 0 Å². The number of nitrogens with one attached hydrogen (secondary N) is 1. The van der Waals surface area contributed by atoms with E-state index in [1.165, 1.54) is 12.3 Å². The Labute approximate surface area is 103 Å². The third-order valence-corrected chi connectivity index (χ3v) is 2.98. The minimum Gasteiger partial charge on any atom is -0.371 e. The average Bonchev–Trinajstić information content (AvgIpc) is 2.71. The Balaban J connectivity index is 2.51. The van der Waals surface area contributed by atoms with Gasteiger partial charge in [-0.1, -0.05) is 3.89 Å². The van der Waals surface area contributed by atoms with Crippen molar-refractivity contribution < 1.29 is 17.0 Å². The Morgan fingerprint density at radius 2 is 2.17 bits per heavy atom. The zero-order chi connectivity index (χ0) is 13.3. The summed E-state index contributed by atoms with van der Waals surface area (Å²) in [4.78, 5) is 10.5. The van der Waals surface area contributed by atoms with Gasteiger partial charge < -0.3 is 9.72 Å². The summed E-state index contributed by atoms with van der Waals surface area (Å²) in [6.45, 7) is 3.66. The lowest BCUT2D eigenvalue weighted by atomic mass is 10.4. The predicted molar refractivity (Wildman–Crippen MR) is 62.1 cm³/mol. The summed E-state index contributed by atoms with van der Waals surface area (Å²) in [7, 11) is -4.89. The third kappa shape index (κ3) is 2.65. The number of hydrogen-bond acceptors (Lipinski definition) is 5. The van der Waals surface area contributed by atoms with Crippen LogP contribution in [-0.4, -0.2) is 29.5 Å². The van der Waals surface area contributed by atoms with Crippen LogP contribution < -0.4 is 0 Å². The van der Waals surface area contributed by atoms with Gasteiger partial charge in [-0.05, 0) is 19.9 Å². The monoisotopic (exact) mass is 273 g/mol. The number of aromatic nitrogens is 3. The molecule has 0 saturated heterocycles. The van der Waals surface area contributed by atoms with Crippen molar-refractivity contribution in [3.05, 3.63) is 18.1 Å². The summed E-state index contributed by atoms with van der Waals surface area (Å²) >= 11 is 0. The van der Waals surface area contributed by atoms with E-state index in [4.69, 9.17) is 4.74 Å². The molecule has 98 valence electrons. The first-order chi connectivity index (χ1) is 8.38. The predicted octanol–water partition coefficient (Wildman–Crippen LogP) is 1.54. The molecular formula is C10H12FN3O3S. The molecule has 6 nitrogen and oxygen atoms in total. The van der Waals surface area contributed by atoms with Crippen molar-refractivity contribution in [3.63, 3.8) is 0 Å². The lowest BCUT2D eigenvalue weighted by Gasteiger charge is -2.07. The quantitative estimate of drug-likeness (QED) is 0.674. The topological polar surface area (TPSA) is 84.9 Å². The van der Waals surface area contributed by atoms with Crippen molar-refractivity contribution in [1.82, 2.24) is 15.0 Å². The zero-order valence-electron chi connectivity index (χ0n) is 9.84. The van der Waals surface area contributed by atoms with E-state index in [-0.39, 0.29) is 29.6 Å². The second-order valence-electron chi connectivity index (χ2n) is 3.98. The molecule has 0 aromatic carbocycles. The van der Waals surface area contributed by atoms with Gasteiger partial charge in [-0.15, -0.1) is 0 Å². The van der Waals surface area contributed by atoms with Gasteiger partial charge in [0.2, 0.25) is 0 Å². The lowest BCUT2D eigenvalue weighted by molar-refractivity contribution is 0.0611. The van der Waals surface area contributed by atoms with Gasteiger partial charge in [0, 0.05) is 6.20 Å². The first-order valence-corrected chi connectivity index (χ1v) is 6.66. The van der Waals surface area contributed by atoms with Crippen LogP contribution in [0.2, 0.25) is 0 Å². The van der Waals surface area contributed by atoms with E-state index in [1.54, 1.807) is 0 Å². The third-order valence-electron chi connectivity index (χ3n) is 2.20. The summed E-state index contributed by atoms with van der Waals surface area (Å²) in [6.07, 6.45) is 1.42. The fourth-order valence-electron chi connectivity index (χ4n) is 1.45. The van der Waals surface area contributed by atoms with Gasteiger partial charge in [0.15, 0.2) is 10.9 Å². The van der Waals surface area contributed by atoms with Crippen molar-refractivity contribution in [1.29, 1.82) is 0 Å². The van der Waals surface area contributed by atoms with E-state index in [0.717, 1.165) is 0 Å². The van der Waals surface area contributed by atoms with Crippen LogP contribution in [0.4, 0.5) is 3.89 Å². The molecular weight excluding hydrogens is 261 g/mol. The molecule has 2 rings (SSSR count). The number of H-pyrrole nitrogens is 1. The van der Waals surface area contributed by atoms with Gasteiger partial charge in [-0.25, -0.2) is 9.97 Å². The van der Waals surface area contributed by atoms with Gasteiger partial charge in [0.1, 0.15) is 12.3 Å². The Morgan fingerprint density at radius 1 is 1.44 bits per heavy atom. The molecule has 0 saturated carbocycles. The van der Waals surface area contributed by atoms with Crippen LogP contribution in [-0.2, 0) is 21.6 Å². The summed E-state index contributed by atoms with van der Waals surface area (Å²) in [5.41, 5.74) is 0.267. The molecule has 0 aliphatic heterocycles. The van der Waals surface area contributed by atoms with E-state index in [0.29, 0.717) is 0 Å². The van der Waals surface area contributed by atoms with Crippen molar-refractivity contribution in [3.8, 4) is 0 Å². The van der Waals surface area contributed by atoms with E-state index in [1.807, 2.05) is 13.8 Å². The highest BCUT2D eigenvalue weighted by Crippen LogP contribution is 2.21. The molecule has 0 unspecified atom stereocenters. The SMILES string of the molecule is CC(C)OCc1nc(S(=O)(=O)F)c2cc[nH]c2n1. The molecule has 0 radical (unpaired) electrons. The fraction of sp³-hybridized carbons (Fsp3) is 0.400. The Hall–Kier alpha value is -1.54. The van der Waals surface area contributed by atoms with Gasteiger partial charge in [0.05, 0.1) is 11.5 Å². The number of halogens is 1. The van der Waals surface area contributed by atoms with Crippen LogP contribution in [0.25, 0.3) is 11.0 Å². The van der Waals surface area contributed by atoms with Crippen LogP contribution in [0.3, 0.4) is 0 Å². The molecule has 0 aliphatic rings. The largest absolute Gasteiger partial charge is 0.371 e. The molecule has 0 bridgehead atoms. The van der Waals surface area contributed by atoms with E-state index in [2.05, 4.69) is 15.0 Å². The van der Waals surface area contributed by atoms with E-state index < -0.39 is 15.2 Å². The zero-order valence-corrected chi connectivity index (χ0v) is 10.7. The van der Waals surface area contributed by atoms with Crippen LogP contribution in [0.1, 0.15) is 19.7 Å². The number of nitrogens with zero attached hydrogens (tertiary/aromatic N) is 2. The summed E-state index contributed by atoms with van der Waals surface area (Å²) < 4.78 is 40.4. The van der Waals surface area contributed by atoms with Crippen LogP contribution in [0, 0.1) is 0 Å². The molecule has 2 aromatic rings. The summed E-state index contributed by atoms with van der Waals surface area (Å²) in [5, 5.41) is -0.498. The molecule has 18 heavy (non-hydrogen) atoms. The molecule has 2 aromatic heterocycles. The number of hydrogen-bond donors (Lipinski definition) is 1. The first-order valence-electron chi connectivity index (χ1n) is 5.28. The Kier molecular flexibility index (Phi) is 3.31. The molecule has 0 amide bonds. The van der Waals surface area contributed by atoms with E-state index >= 15 is 0 Å². The van der Waals surface area contributed by atoms with Crippen LogP contribution in [0.15, 0.2) is 17.3 Å². The van der Waals surface area contributed by atoms with Crippen LogP contribution in [0.5, 0.6) is 0 Å². The minimum atomic E-state index is -4.89. The molecule has 2 heterocycles. The molecule has 0 fully saturated rings. The maximum Gasteiger partial charge on any atom is 0.350 e. The van der Waals surface area contributed by atoms with E-state index in [9.17, 15) is 12.3 Å². The first kappa shape index (κ1) is 12.9. The van der Waals surface area contributed by atoms with Gasteiger partial charge in [0.25, 0.3) is 0 Å². The highest BCUT2D eigenvalue weighted by atomic mass is 32.3.